The van der Waals surface area contributed by atoms with E-state index < -0.39 is 102 Å². The number of fused-ring (bicyclic) bond motifs is 5. The molecule has 2 heterocycles. The van der Waals surface area contributed by atoms with Crippen molar-refractivity contribution >= 4 is 75.0 Å². The van der Waals surface area contributed by atoms with Crippen molar-refractivity contribution in [2.24, 2.45) is 17.2 Å². The monoisotopic (exact) mass is 1420 g/mol. The second-order valence-electron chi connectivity index (χ2n) is 19.7. The van der Waals surface area contributed by atoms with E-state index in [9.17, 15) is 81.9 Å². The van der Waals surface area contributed by atoms with E-state index in [2.05, 4.69) is 43.4 Å². The molecule has 4 aromatic rings. The molecule has 1 aliphatic carbocycles. The van der Waals surface area contributed by atoms with Gasteiger partial charge in [0, 0.05) is 60.4 Å². The Kier molecular flexibility index (Phi) is 33.1. The van der Waals surface area contributed by atoms with Gasteiger partial charge in [-0.2, -0.15) is 57.9 Å². The maximum Gasteiger partial charge on any atom is 0.490 e. The fourth-order valence-electron chi connectivity index (χ4n) is 7.61. The van der Waals surface area contributed by atoms with Crippen molar-refractivity contribution in [1.82, 2.24) is 36.1 Å². The Bertz CT molecular complexity index is 3280. The molecule has 0 radical (unpaired) electrons. The molecule has 96 heavy (non-hydrogen) atoms. The van der Waals surface area contributed by atoms with Crippen molar-refractivity contribution in [3.8, 4) is 40.1 Å². The van der Waals surface area contributed by atoms with Gasteiger partial charge in [0.2, 0.25) is 23.6 Å². The normalized spacial score (nSPS) is 15.7. The summed E-state index contributed by atoms with van der Waals surface area (Å²) in [7, 11) is 5.23. The number of aliphatic carboxylic acids is 4. The summed E-state index contributed by atoms with van der Waals surface area (Å²) in [5.74, 6) is -12.3. The zero-order valence-corrected chi connectivity index (χ0v) is 52.0. The number of likely N-dealkylation sites (N-methyl/N-ethyl adjacent to an activating group) is 1. The molecule has 40 heteroatoms. The fourth-order valence-corrected chi connectivity index (χ4v) is 10.5. The number of halogens is 12. The summed E-state index contributed by atoms with van der Waals surface area (Å²) in [6.45, 7) is 3.51. The Balaban J connectivity index is 0.000000930. The summed E-state index contributed by atoms with van der Waals surface area (Å²) in [5, 5.41) is 49.2. The summed E-state index contributed by atoms with van der Waals surface area (Å²) in [4.78, 5) is 116. The van der Waals surface area contributed by atoms with Crippen LogP contribution < -0.4 is 47.9 Å². The first-order valence-electron chi connectivity index (χ1n) is 27.5. The number of alkyl halides is 12. The number of carbonyl (C=O) groups is 9. The number of aromatic nitrogens is 2. The number of benzene rings is 3. The molecule has 1 aromatic heterocycles. The SMILES string of the molecule is Cc1nc(-c2ccc(CSSC3CCC3)cc2)ncc1C(=O)N[C@@H](CCN)C(=O)N(C)[C@@H]1C(=O)N[C@@H](C)C(=O)N[C@H](C(=O)NCC#N)Cc2ccc(OCCN)c(c2)-c2cc1ccc2OCCN.O=C(O)C(F)(F)F.O=C(O)C(F)(F)F.O=C(O)C(F)(F)F.O=C(O)C(F)(F)F. The second-order valence-corrected chi connectivity index (χ2v) is 22.4. The van der Waals surface area contributed by atoms with Crippen LogP contribution in [0.3, 0.4) is 0 Å². The van der Waals surface area contributed by atoms with E-state index in [-0.39, 0.29) is 57.8 Å². The summed E-state index contributed by atoms with van der Waals surface area (Å²) in [6.07, 6.45) is -15.0. The number of amides is 5. The number of ether oxygens (including phenoxy) is 2. The molecular weight excluding hydrogens is 1360 g/mol. The van der Waals surface area contributed by atoms with Gasteiger partial charge in [-0.1, -0.05) is 64.4 Å². The number of hydrogen-bond donors (Lipinski definition) is 11. The third-order valence-corrected chi connectivity index (χ3v) is 15.4. The van der Waals surface area contributed by atoms with Gasteiger partial charge in [0.25, 0.3) is 5.91 Å². The van der Waals surface area contributed by atoms with E-state index in [0.717, 1.165) is 16.6 Å². The molecule has 0 spiro atoms. The van der Waals surface area contributed by atoms with E-state index in [1.807, 2.05) is 39.8 Å². The Hall–Kier alpha value is -9.20. The van der Waals surface area contributed by atoms with Crippen LogP contribution >= 0.6 is 21.6 Å². The maximum atomic E-state index is 14.7. The van der Waals surface area contributed by atoms with Gasteiger partial charge in [0.05, 0.1) is 17.3 Å². The molecule has 4 bridgehead atoms. The molecule has 0 unspecified atom stereocenters. The van der Waals surface area contributed by atoms with Gasteiger partial charge in [-0.25, -0.2) is 29.1 Å². The quantitative estimate of drug-likeness (QED) is 0.0309. The van der Waals surface area contributed by atoms with Gasteiger partial charge in [-0.05, 0) is 80.6 Å². The molecule has 528 valence electrons. The Morgan fingerprint density at radius 3 is 1.69 bits per heavy atom. The predicted octanol–water partition coefficient (Wildman–Crippen LogP) is 5.59. The lowest BCUT2D eigenvalue weighted by Crippen LogP contribution is -2.56. The standard InChI is InChI=1S/C48H59N11O7S2.4C2HF3O2/c1-28-37(26-54-43(55-28)32-10-7-30(8-11-32)27-67-68-34-5-4-6-34)45(61)57-38(15-16-49)48(64)59(3)42-33-12-14-41(66-22-19-52)36(25-33)35-23-31(9-13-40(35)65-21-18-51)24-39(46(62)53-20-17-50)58-44(60)29(2)56-47(42)63;4*3-2(4,5)1(6)7/h7-14,23,25-26,29,34,38-39,42H,4-6,15-16,18-22,24,27,49,51-52H2,1-3H3,(H,53,62)(H,56,63)(H,57,61)(H,58,60);4*(H,6,7)/t29-,38-,39-,42-;;;;/m0..../s1. The zero-order valence-electron chi connectivity index (χ0n) is 50.4. The molecule has 6 rings (SSSR count). The number of nitrogens with two attached hydrogens (primary N) is 3. The number of carbonyl (C=O) groups excluding carboxylic acids is 5. The highest BCUT2D eigenvalue weighted by Gasteiger charge is 2.41. The molecule has 1 fully saturated rings. The highest BCUT2D eigenvalue weighted by atomic mass is 33.1. The first-order valence-corrected chi connectivity index (χ1v) is 29.9. The summed E-state index contributed by atoms with van der Waals surface area (Å²) in [5.41, 5.74) is 22.1. The lowest BCUT2D eigenvalue weighted by atomic mass is 9.93. The van der Waals surface area contributed by atoms with Crippen molar-refractivity contribution in [2.45, 2.75) is 106 Å². The molecule has 14 N–H and O–H groups in total. The highest BCUT2D eigenvalue weighted by Crippen LogP contribution is 2.42. The molecular formula is C56H63F12N11O15S2. The minimum atomic E-state index is -5.08. The summed E-state index contributed by atoms with van der Waals surface area (Å²) < 4.78 is 139. The van der Waals surface area contributed by atoms with Gasteiger partial charge < -0.3 is 73.3 Å². The molecule has 26 nitrogen and oxygen atoms in total. The number of nitrogens with one attached hydrogen (secondary N) is 4. The van der Waals surface area contributed by atoms with Crippen molar-refractivity contribution in [1.29, 1.82) is 5.26 Å². The van der Waals surface area contributed by atoms with E-state index in [4.69, 9.17) is 66.3 Å². The number of carboxylic acids is 4. The largest absolute Gasteiger partial charge is 0.492 e. The minimum Gasteiger partial charge on any atom is -0.492 e. The highest BCUT2D eigenvalue weighted by molar-refractivity contribution is 8.76. The van der Waals surface area contributed by atoms with E-state index in [0.29, 0.717) is 45.3 Å². The van der Waals surface area contributed by atoms with Gasteiger partial charge in [-0.3, -0.25) is 24.0 Å². The van der Waals surface area contributed by atoms with Crippen LogP contribution in [0, 0.1) is 18.3 Å². The van der Waals surface area contributed by atoms with Crippen LogP contribution in [0.4, 0.5) is 52.7 Å². The van der Waals surface area contributed by atoms with Crippen molar-refractivity contribution < 1.29 is 126 Å². The third kappa shape index (κ3) is 27.6. The molecule has 3 aromatic carbocycles. The molecule has 1 saturated carbocycles. The molecule has 2 aliphatic rings. The minimum absolute atomic E-state index is 0.00312. The van der Waals surface area contributed by atoms with E-state index in [1.54, 1.807) is 43.3 Å². The lowest BCUT2D eigenvalue weighted by molar-refractivity contribution is -0.193. The number of nitrogens with zero attached hydrogens (tertiary/aromatic N) is 4. The van der Waals surface area contributed by atoms with Crippen LogP contribution in [0.25, 0.3) is 22.5 Å². The average molecular weight is 1420 g/mol. The summed E-state index contributed by atoms with van der Waals surface area (Å²) >= 11 is 0. The van der Waals surface area contributed by atoms with Crippen LogP contribution in [0.1, 0.15) is 71.4 Å². The lowest BCUT2D eigenvalue weighted by Gasteiger charge is -2.32. The number of hydrogen-bond acceptors (Lipinski definition) is 19. The first kappa shape index (κ1) is 82.9. The number of aryl methyl sites for hydroxylation is 1. The van der Waals surface area contributed by atoms with Crippen molar-refractivity contribution in [3.63, 3.8) is 0 Å². The van der Waals surface area contributed by atoms with Crippen LogP contribution in [0.2, 0.25) is 0 Å². The number of carboxylic acid groups (broad SMARTS) is 4. The van der Waals surface area contributed by atoms with Crippen LogP contribution in [0.5, 0.6) is 11.5 Å². The first-order chi connectivity index (χ1) is 44.6. The Labute approximate surface area is 544 Å². The van der Waals surface area contributed by atoms with Gasteiger partial charge in [0.1, 0.15) is 55.4 Å². The van der Waals surface area contributed by atoms with Crippen molar-refractivity contribution in [3.05, 3.63) is 94.8 Å². The Morgan fingerprint density at radius 2 is 1.24 bits per heavy atom. The van der Waals surface area contributed by atoms with Crippen LogP contribution in [-0.4, -0.2) is 183 Å². The summed E-state index contributed by atoms with van der Waals surface area (Å²) in [6, 6.07) is 15.1. The second kappa shape index (κ2) is 38.4. The molecule has 5 amide bonds. The van der Waals surface area contributed by atoms with Gasteiger partial charge >= 0.3 is 48.6 Å². The molecule has 1 aliphatic heterocycles. The molecule has 4 atom stereocenters. The third-order valence-electron chi connectivity index (χ3n) is 12.5. The number of rotatable bonds is 19. The van der Waals surface area contributed by atoms with Gasteiger partial charge in [0.15, 0.2) is 5.82 Å². The molecule has 0 saturated heterocycles. The zero-order chi connectivity index (χ0) is 73.1. The smallest absolute Gasteiger partial charge is 0.490 e. The van der Waals surface area contributed by atoms with E-state index >= 15 is 0 Å². The predicted molar refractivity (Wildman–Crippen MR) is 317 cm³/mol. The Morgan fingerprint density at radius 1 is 0.740 bits per heavy atom. The maximum absolute atomic E-state index is 14.7. The average Bonchev–Trinajstić information content (AvgIpc) is 0.785. The number of nitriles is 1. The van der Waals surface area contributed by atoms with Crippen LogP contribution in [-0.2, 0) is 50.5 Å². The van der Waals surface area contributed by atoms with Crippen LogP contribution in [0.15, 0.2) is 66.9 Å². The van der Waals surface area contributed by atoms with Gasteiger partial charge in [-0.15, -0.1) is 0 Å². The fraction of sp³-hybridized carbons (Fsp3) is 0.429. The topological polar surface area (TPSA) is 432 Å². The van der Waals surface area contributed by atoms with Crippen molar-refractivity contribution in [2.75, 3.05) is 46.4 Å². The van der Waals surface area contributed by atoms with E-state index in [1.165, 1.54) is 49.9 Å².